The Labute approximate surface area is 126 Å². The molecule has 0 spiro atoms. The van der Waals surface area contributed by atoms with Crippen LogP contribution in [0.2, 0.25) is 0 Å². The summed E-state index contributed by atoms with van der Waals surface area (Å²) in [6.07, 6.45) is 1.28. The Bertz CT molecular complexity index is 664. The second-order valence-electron chi connectivity index (χ2n) is 5.05. The van der Waals surface area contributed by atoms with Gasteiger partial charge in [-0.05, 0) is 35.7 Å². The third-order valence-electron chi connectivity index (χ3n) is 3.85. The maximum absolute atomic E-state index is 12.5. The summed E-state index contributed by atoms with van der Waals surface area (Å²) in [5, 5.41) is 0. The van der Waals surface area contributed by atoms with Crippen molar-refractivity contribution in [1.29, 1.82) is 0 Å². The van der Waals surface area contributed by atoms with Gasteiger partial charge < -0.3 is 4.74 Å². The summed E-state index contributed by atoms with van der Waals surface area (Å²) in [7, 11) is 1.63. The van der Waals surface area contributed by atoms with Crippen LogP contribution in [-0.2, 0) is 17.6 Å². The number of carbonyl (C=O) groups excluding carboxylic acids is 1. The van der Waals surface area contributed by atoms with Crippen LogP contribution in [0.3, 0.4) is 0 Å². The molecule has 0 aromatic heterocycles. The zero-order chi connectivity index (χ0) is 14.1. The minimum atomic E-state index is 0.0508. The zero-order valence-corrected chi connectivity index (χ0v) is 12.8. The monoisotopic (exact) mass is 330 g/mol. The molecule has 0 radical (unpaired) electrons. The molecule has 3 heteroatoms. The van der Waals surface area contributed by atoms with Crippen molar-refractivity contribution in [2.24, 2.45) is 0 Å². The molecule has 1 atom stereocenters. The number of rotatable bonds is 4. The van der Waals surface area contributed by atoms with Gasteiger partial charge in [0.1, 0.15) is 11.5 Å². The van der Waals surface area contributed by atoms with Crippen molar-refractivity contribution in [3.8, 4) is 5.75 Å². The summed E-state index contributed by atoms with van der Waals surface area (Å²) in [5.41, 5.74) is 3.43. The lowest BCUT2D eigenvalue weighted by Gasteiger charge is -2.29. The number of carbonyl (C=O) groups is 1. The van der Waals surface area contributed by atoms with Gasteiger partial charge in [-0.3, -0.25) is 4.79 Å². The first-order chi connectivity index (χ1) is 9.69. The molecule has 1 aliphatic carbocycles. The summed E-state index contributed by atoms with van der Waals surface area (Å²) in [6.45, 7) is 0. The normalized spacial score (nSPS) is 16.2. The molecule has 0 amide bonds. The maximum Gasteiger partial charge on any atom is 0.145 e. The van der Waals surface area contributed by atoms with E-state index in [9.17, 15) is 4.79 Å². The maximum atomic E-state index is 12.5. The van der Waals surface area contributed by atoms with Crippen LogP contribution in [0.1, 0.15) is 22.6 Å². The Hall–Kier alpha value is -1.61. The highest BCUT2D eigenvalue weighted by Crippen LogP contribution is 2.37. The quantitative estimate of drug-likeness (QED) is 0.849. The van der Waals surface area contributed by atoms with Gasteiger partial charge in [-0.1, -0.05) is 40.2 Å². The van der Waals surface area contributed by atoms with Crippen LogP contribution in [0.25, 0.3) is 0 Å². The molecule has 20 heavy (non-hydrogen) atoms. The van der Waals surface area contributed by atoms with Gasteiger partial charge in [0, 0.05) is 22.4 Å². The van der Waals surface area contributed by atoms with Crippen molar-refractivity contribution >= 4 is 21.7 Å². The van der Waals surface area contributed by atoms with Crippen molar-refractivity contribution in [3.05, 3.63) is 63.6 Å². The fraction of sp³-hybridized carbons (Fsp3) is 0.235. The van der Waals surface area contributed by atoms with E-state index in [4.69, 9.17) is 4.74 Å². The molecule has 0 N–H and O–H groups in total. The Morgan fingerprint density at radius 3 is 2.85 bits per heavy atom. The minimum absolute atomic E-state index is 0.0508. The van der Waals surface area contributed by atoms with Crippen molar-refractivity contribution in [1.82, 2.24) is 0 Å². The van der Waals surface area contributed by atoms with Gasteiger partial charge in [0.2, 0.25) is 0 Å². The molecule has 2 aromatic rings. The van der Waals surface area contributed by atoms with Gasteiger partial charge in [0.05, 0.1) is 7.11 Å². The Morgan fingerprint density at radius 2 is 2.10 bits per heavy atom. The average Bonchev–Trinajstić information content (AvgIpc) is 2.40. The van der Waals surface area contributed by atoms with Gasteiger partial charge in [-0.15, -0.1) is 0 Å². The largest absolute Gasteiger partial charge is 0.496 e. The van der Waals surface area contributed by atoms with E-state index in [1.807, 2.05) is 30.3 Å². The molecule has 0 heterocycles. The average molecular weight is 331 g/mol. The zero-order valence-electron chi connectivity index (χ0n) is 11.2. The Morgan fingerprint density at radius 1 is 1.30 bits per heavy atom. The summed E-state index contributed by atoms with van der Waals surface area (Å²) in [6, 6.07) is 13.9. The topological polar surface area (TPSA) is 26.3 Å². The van der Waals surface area contributed by atoms with E-state index in [0.29, 0.717) is 6.42 Å². The highest BCUT2D eigenvalue weighted by atomic mass is 79.9. The molecule has 1 aliphatic rings. The van der Waals surface area contributed by atoms with E-state index < -0.39 is 0 Å². The lowest BCUT2D eigenvalue weighted by molar-refractivity contribution is -0.120. The lowest BCUT2D eigenvalue weighted by atomic mass is 9.74. The van der Waals surface area contributed by atoms with Gasteiger partial charge in [0.15, 0.2) is 0 Å². The van der Waals surface area contributed by atoms with E-state index in [0.717, 1.165) is 22.2 Å². The lowest BCUT2D eigenvalue weighted by Crippen LogP contribution is -2.26. The molecule has 1 unspecified atom stereocenters. The van der Waals surface area contributed by atoms with Crippen molar-refractivity contribution in [3.63, 3.8) is 0 Å². The number of hydrogen-bond donors (Lipinski definition) is 0. The molecular weight excluding hydrogens is 316 g/mol. The number of Topliss-reactive ketones (excluding diaryl/α,β-unsaturated/α-hetero) is 1. The first-order valence-electron chi connectivity index (χ1n) is 6.62. The molecule has 2 aromatic carbocycles. The SMILES string of the molecule is COc1ccc(Br)cc1CC(=O)C1Cc2ccccc21. The smallest absolute Gasteiger partial charge is 0.145 e. The van der Waals surface area contributed by atoms with E-state index in [-0.39, 0.29) is 11.7 Å². The number of ketones is 1. The predicted octanol–water partition coefficient (Wildman–Crippen LogP) is 3.91. The second kappa shape index (κ2) is 5.41. The molecule has 0 saturated heterocycles. The predicted molar refractivity (Wildman–Crippen MR) is 82.3 cm³/mol. The Balaban J connectivity index is 1.80. The summed E-state index contributed by atoms with van der Waals surface area (Å²) >= 11 is 3.44. The fourth-order valence-electron chi connectivity index (χ4n) is 2.74. The number of hydrogen-bond acceptors (Lipinski definition) is 2. The van der Waals surface area contributed by atoms with E-state index >= 15 is 0 Å². The second-order valence-corrected chi connectivity index (χ2v) is 5.97. The standard InChI is InChI=1S/C17H15BrO2/c1-20-17-7-6-13(18)8-12(17)10-16(19)15-9-11-4-2-3-5-14(11)15/h2-8,15H,9-10H2,1H3. The van der Waals surface area contributed by atoms with Crippen molar-refractivity contribution < 1.29 is 9.53 Å². The van der Waals surface area contributed by atoms with E-state index in [1.165, 1.54) is 11.1 Å². The van der Waals surface area contributed by atoms with Crippen LogP contribution in [0.15, 0.2) is 46.9 Å². The van der Waals surface area contributed by atoms with Crippen LogP contribution in [0.5, 0.6) is 5.75 Å². The third kappa shape index (κ3) is 2.38. The highest BCUT2D eigenvalue weighted by Gasteiger charge is 2.31. The van der Waals surface area contributed by atoms with E-state index in [2.05, 4.69) is 28.1 Å². The number of ether oxygens (including phenoxy) is 1. The number of fused-ring (bicyclic) bond motifs is 1. The first-order valence-corrected chi connectivity index (χ1v) is 7.41. The highest BCUT2D eigenvalue weighted by molar-refractivity contribution is 9.10. The van der Waals surface area contributed by atoms with E-state index in [1.54, 1.807) is 7.11 Å². The fourth-order valence-corrected chi connectivity index (χ4v) is 3.15. The van der Waals surface area contributed by atoms with Gasteiger partial charge >= 0.3 is 0 Å². The summed E-state index contributed by atoms with van der Waals surface area (Å²) in [4.78, 5) is 12.5. The first kappa shape index (κ1) is 13.4. The van der Waals surface area contributed by atoms with Crippen LogP contribution in [-0.4, -0.2) is 12.9 Å². The van der Waals surface area contributed by atoms with Crippen molar-refractivity contribution in [2.75, 3.05) is 7.11 Å². The molecule has 0 fully saturated rings. The molecule has 0 aliphatic heterocycles. The minimum Gasteiger partial charge on any atom is -0.496 e. The van der Waals surface area contributed by atoms with Crippen molar-refractivity contribution in [2.45, 2.75) is 18.8 Å². The van der Waals surface area contributed by atoms with Gasteiger partial charge in [-0.25, -0.2) is 0 Å². The molecule has 0 bridgehead atoms. The molecule has 0 saturated carbocycles. The number of benzene rings is 2. The summed E-state index contributed by atoms with van der Waals surface area (Å²) < 4.78 is 6.30. The molecular formula is C17H15BrO2. The van der Waals surface area contributed by atoms with Gasteiger partial charge in [-0.2, -0.15) is 0 Å². The van der Waals surface area contributed by atoms with Crippen LogP contribution in [0.4, 0.5) is 0 Å². The van der Waals surface area contributed by atoms with Crippen LogP contribution >= 0.6 is 15.9 Å². The molecule has 102 valence electrons. The van der Waals surface area contributed by atoms with Crippen LogP contribution in [0, 0.1) is 0 Å². The third-order valence-corrected chi connectivity index (χ3v) is 4.34. The number of halogens is 1. The van der Waals surface area contributed by atoms with Crippen LogP contribution < -0.4 is 4.74 Å². The molecule has 2 nitrogen and oxygen atoms in total. The summed E-state index contributed by atoms with van der Waals surface area (Å²) in [5.74, 6) is 1.09. The molecule has 3 rings (SSSR count). The van der Waals surface area contributed by atoms with Gasteiger partial charge in [0.25, 0.3) is 0 Å². The Kier molecular flexibility index (Phi) is 3.62. The number of methoxy groups -OCH3 is 1.